The Kier molecular flexibility index (Phi) is 5.44. The van der Waals surface area contributed by atoms with Gasteiger partial charge in [-0.3, -0.25) is 4.99 Å². The Balaban J connectivity index is 1.88. The van der Waals surface area contributed by atoms with Crippen molar-refractivity contribution in [3.63, 3.8) is 0 Å². The highest BCUT2D eigenvalue weighted by atomic mass is 19.3. The number of rotatable bonds is 6. The molecule has 2 fully saturated rings. The van der Waals surface area contributed by atoms with Crippen LogP contribution in [0.25, 0.3) is 5.70 Å². The van der Waals surface area contributed by atoms with E-state index in [9.17, 15) is 8.78 Å². The van der Waals surface area contributed by atoms with Gasteiger partial charge in [-0.15, -0.1) is 0 Å². The molecule has 2 unspecified atom stereocenters. The fourth-order valence-electron chi connectivity index (χ4n) is 4.19. The molecule has 4 N–H and O–H groups in total. The van der Waals surface area contributed by atoms with Crippen molar-refractivity contribution < 1.29 is 13.5 Å². The summed E-state index contributed by atoms with van der Waals surface area (Å²) in [6.45, 7) is 1.11. The first-order valence-corrected chi connectivity index (χ1v) is 9.09. The second-order valence-electron chi connectivity index (χ2n) is 7.51. The monoisotopic (exact) mass is 364 g/mol. The van der Waals surface area contributed by atoms with Crippen LogP contribution in [0.1, 0.15) is 45.1 Å². The number of pyridine rings is 1. The number of nitrogens with zero attached hydrogens (tertiary/aromatic N) is 2. The minimum Gasteiger partial charge on any atom is -0.431 e. The summed E-state index contributed by atoms with van der Waals surface area (Å²) in [5, 5.41) is 0. The first-order chi connectivity index (χ1) is 12.3. The molecule has 0 amide bonds. The van der Waals surface area contributed by atoms with Crippen LogP contribution in [0.2, 0.25) is 0 Å². The third-order valence-corrected chi connectivity index (χ3v) is 5.26. The number of aliphatic imine (C=N–C) groups is 1. The zero-order chi connectivity index (χ0) is 18.8. The summed E-state index contributed by atoms with van der Waals surface area (Å²) in [4.78, 5) is 8.71. The van der Waals surface area contributed by atoms with Gasteiger partial charge in [-0.05, 0) is 57.1 Å². The Bertz CT molecular complexity index is 717. The second kappa shape index (κ2) is 7.60. The molecule has 26 heavy (non-hydrogen) atoms. The number of anilines is 1. The normalized spacial score (nSPS) is 26.2. The van der Waals surface area contributed by atoms with Crippen LogP contribution in [0.4, 0.5) is 14.6 Å². The number of aromatic nitrogens is 1. The van der Waals surface area contributed by atoms with E-state index >= 15 is 0 Å². The molecule has 0 radical (unpaired) electrons. The molecule has 2 aliphatic carbocycles. The van der Waals surface area contributed by atoms with Crippen LogP contribution in [-0.4, -0.2) is 23.3 Å². The molecule has 3 atom stereocenters. The molecule has 0 saturated heterocycles. The number of nitrogens with two attached hydrogens (primary N) is 2. The van der Waals surface area contributed by atoms with Crippen LogP contribution in [0.5, 0.6) is 5.75 Å². The zero-order valence-electron chi connectivity index (χ0n) is 15.2. The largest absolute Gasteiger partial charge is 0.431 e. The summed E-state index contributed by atoms with van der Waals surface area (Å²) >= 11 is 0. The quantitative estimate of drug-likeness (QED) is 0.751. The smallest absolute Gasteiger partial charge is 0.387 e. The molecule has 7 heteroatoms. The van der Waals surface area contributed by atoms with Gasteiger partial charge in [-0.25, -0.2) is 4.98 Å². The molecule has 5 nitrogen and oxygen atoms in total. The van der Waals surface area contributed by atoms with Crippen LogP contribution in [-0.2, 0) is 0 Å². The number of hydrogen-bond donors (Lipinski definition) is 2. The fourth-order valence-corrected chi connectivity index (χ4v) is 4.19. The highest BCUT2D eigenvalue weighted by Gasteiger charge is 2.41. The molecule has 2 saturated carbocycles. The predicted molar refractivity (Wildman–Crippen MR) is 99.0 cm³/mol. The van der Waals surface area contributed by atoms with Crippen LogP contribution in [0, 0.1) is 17.8 Å². The van der Waals surface area contributed by atoms with Gasteiger partial charge < -0.3 is 16.2 Å². The number of alkyl halides is 2. The van der Waals surface area contributed by atoms with E-state index < -0.39 is 6.61 Å². The zero-order valence-corrected chi connectivity index (χ0v) is 15.2. The molecule has 0 aliphatic heterocycles. The van der Waals surface area contributed by atoms with Gasteiger partial charge in [0.1, 0.15) is 0 Å². The van der Waals surface area contributed by atoms with E-state index in [2.05, 4.69) is 9.72 Å². The third kappa shape index (κ3) is 4.14. The first-order valence-electron chi connectivity index (χ1n) is 9.09. The van der Waals surface area contributed by atoms with E-state index in [0.717, 1.165) is 18.1 Å². The van der Waals surface area contributed by atoms with Crippen LogP contribution in [0.15, 0.2) is 23.3 Å². The lowest BCUT2D eigenvalue weighted by Gasteiger charge is -2.23. The van der Waals surface area contributed by atoms with Crippen LogP contribution in [0.3, 0.4) is 0 Å². The van der Waals surface area contributed by atoms with Crippen molar-refractivity contribution in [2.45, 2.75) is 52.2 Å². The van der Waals surface area contributed by atoms with Crippen molar-refractivity contribution in [1.82, 2.24) is 4.98 Å². The maximum atomic E-state index is 12.5. The topological polar surface area (TPSA) is 86.5 Å². The lowest BCUT2D eigenvalue weighted by atomic mass is 9.84. The van der Waals surface area contributed by atoms with Gasteiger partial charge in [-0.1, -0.05) is 6.42 Å². The van der Waals surface area contributed by atoms with E-state index in [1.165, 1.54) is 31.5 Å². The SMILES string of the molecule is CC(C)N=C(C=C(N)c1cnc(N)c(OC(F)F)c1)C1CC2CC[C@H]1C2. The average molecular weight is 364 g/mol. The van der Waals surface area contributed by atoms with Gasteiger partial charge in [0.25, 0.3) is 0 Å². The van der Waals surface area contributed by atoms with Crippen molar-refractivity contribution in [3.05, 3.63) is 23.9 Å². The van der Waals surface area contributed by atoms with Gasteiger partial charge in [-0.2, -0.15) is 8.78 Å². The van der Waals surface area contributed by atoms with Gasteiger partial charge >= 0.3 is 6.61 Å². The van der Waals surface area contributed by atoms with E-state index in [1.54, 1.807) is 0 Å². The number of fused-ring (bicyclic) bond motifs is 2. The number of hydrogen-bond acceptors (Lipinski definition) is 5. The van der Waals surface area contributed by atoms with E-state index in [0.29, 0.717) is 23.1 Å². The van der Waals surface area contributed by atoms with Crippen molar-refractivity contribution in [3.8, 4) is 5.75 Å². The Hall–Kier alpha value is -2.18. The Morgan fingerprint density at radius 1 is 1.35 bits per heavy atom. The highest BCUT2D eigenvalue weighted by molar-refractivity contribution is 6.02. The molecule has 142 valence electrons. The van der Waals surface area contributed by atoms with Crippen molar-refractivity contribution >= 4 is 17.2 Å². The Morgan fingerprint density at radius 2 is 2.12 bits per heavy atom. The summed E-state index contributed by atoms with van der Waals surface area (Å²) < 4.78 is 29.4. The number of nitrogen functional groups attached to an aromatic ring is 1. The molecule has 3 rings (SSSR count). The second-order valence-corrected chi connectivity index (χ2v) is 7.51. The first kappa shape index (κ1) is 18.6. The number of ether oxygens (including phenoxy) is 1. The Labute approximate surface area is 152 Å². The molecule has 1 aromatic rings. The minimum absolute atomic E-state index is 0.0916. The van der Waals surface area contributed by atoms with Gasteiger partial charge in [0.15, 0.2) is 11.6 Å². The van der Waals surface area contributed by atoms with Crippen LogP contribution >= 0.6 is 0 Å². The maximum absolute atomic E-state index is 12.5. The fraction of sp³-hybridized carbons (Fsp3) is 0.579. The minimum atomic E-state index is -2.97. The summed E-state index contributed by atoms with van der Waals surface area (Å²) in [5.74, 6) is 1.63. The Morgan fingerprint density at radius 3 is 2.69 bits per heavy atom. The molecule has 1 aromatic heterocycles. The average Bonchev–Trinajstić information content (AvgIpc) is 3.18. The van der Waals surface area contributed by atoms with Crippen molar-refractivity contribution in [2.75, 3.05) is 5.73 Å². The van der Waals surface area contributed by atoms with Gasteiger partial charge in [0, 0.05) is 35.1 Å². The lowest BCUT2D eigenvalue weighted by molar-refractivity contribution is -0.0495. The summed E-state index contributed by atoms with van der Waals surface area (Å²) in [6.07, 6.45) is 8.31. The van der Waals surface area contributed by atoms with Crippen LogP contribution < -0.4 is 16.2 Å². The molecular formula is C19H26F2N4O. The predicted octanol–water partition coefficient (Wildman–Crippen LogP) is 3.85. The van der Waals surface area contributed by atoms with Crippen molar-refractivity contribution in [2.24, 2.45) is 28.5 Å². The lowest BCUT2D eigenvalue weighted by Crippen LogP contribution is -2.21. The molecule has 1 heterocycles. The summed E-state index contributed by atoms with van der Waals surface area (Å²) in [6, 6.07) is 1.56. The van der Waals surface area contributed by atoms with Gasteiger partial charge in [0.05, 0.1) is 0 Å². The number of halogens is 2. The molecule has 0 aromatic carbocycles. The van der Waals surface area contributed by atoms with Gasteiger partial charge in [0.2, 0.25) is 0 Å². The maximum Gasteiger partial charge on any atom is 0.387 e. The summed E-state index contributed by atoms with van der Waals surface area (Å²) in [7, 11) is 0. The molecule has 0 spiro atoms. The third-order valence-electron chi connectivity index (χ3n) is 5.26. The van der Waals surface area contributed by atoms with Crippen molar-refractivity contribution in [1.29, 1.82) is 0 Å². The molecule has 2 aliphatic rings. The van der Waals surface area contributed by atoms with E-state index in [4.69, 9.17) is 16.5 Å². The molecular weight excluding hydrogens is 338 g/mol. The van der Waals surface area contributed by atoms with E-state index in [1.807, 2.05) is 19.9 Å². The highest BCUT2D eigenvalue weighted by Crippen LogP contribution is 2.49. The standard InChI is InChI=1S/C19H26F2N4O/c1-10(2)25-16(14-6-11-3-4-12(14)5-11)8-15(22)13-7-17(26-19(20)21)18(23)24-9-13/h7-12,14,19H,3-6,22H2,1-2H3,(H2,23,24)/t11?,12-,14?/m0/s1. The number of allylic oxidation sites excluding steroid dienone is 1. The molecule has 2 bridgehead atoms. The van der Waals surface area contributed by atoms with E-state index in [-0.39, 0.29) is 17.6 Å². The summed E-state index contributed by atoms with van der Waals surface area (Å²) in [5.41, 5.74) is 13.8.